The first-order chi connectivity index (χ1) is 9.54. The normalized spacial score (nSPS) is 12.7. The average Bonchev–Trinajstić information content (AvgIpc) is 2.86. The second-order valence-corrected chi connectivity index (χ2v) is 5.52. The number of rotatable bonds is 9. The number of nitrogens with one attached hydrogen (secondary N) is 2. The molecule has 1 aromatic rings. The van der Waals surface area contributed by atoms with Crippen molar-refractivity contribution >= 4 is 5.91 Å². The Balaban J connectivity index is 2.42. The molecule has 0 aliphatic heterocycles. The van der Waals surface area contributed by atoms with Gasteiger partial charge in [0, 0.05) is 13.1 Å². The zero-order valence-corrected chi connectivity index (χ0v) is 13.0. The van der Waals surface area contributed by atoms with E-state index in [-0.39, 0.29) is 11.9 Å². The molecule has 1 rings (SSSR count). The van der Waals surface area contributed by atoms with E-state index in [4.69, 9.17) is 0 Å². The Morgan fingerprint density at radius 2 is 2.10 bits per heavy atom. The summed E-state index contributed by atoms with van der Waals surface area (Å²) in [7, 11) is 0. The number of hydrogen-bond donors (Lipinski definition) is 2. The van der Waals surface area contributed by atoms with Crippen molar-refractivity contribution in [1.29, 1.82) is 0 Å². The van der Waals surface area contributed by atoms with Gasteiger partial charge in [0.1, 0.15) is 6.04 Å². The van der Waals surface area contributed by atoms with Crippen molar-refractivity contribution < 1.29 is 4.79 Å². The lowest BCUT2D eigenvalue weighted by molar-refractivity contribution is -0.124. The van der Waals surface area contributed by atoms with E-state index < -0.39 is 0 Å². The molecule has 2 N–H and O–H groups in total. The number of carbonyl (C=O) groups is 1. The van der Waals surface area contributed by atoms with Crippen LogP contribution in [0.5, 0.6) is 0 Å². The van der Waals surface area contributed by atoms with Gasteiger partial charge in [-0.25, -0.2) is 4.68 Å². The fourth-order valence-electron chi connectivity index (χ4n) is 1.73. The second kappa shape index (κ2) is 8.68. The fourth-order valence-corrected chi connectivity index (χ4v) is 1.73. The maximum atomic E-state index is 12.0. The van der Waals surface area contributed by atoms with Gasteiger partial charge in [0.25, 0.3) is 0 Å². The molecule has 0 radical (unpaired) electrons. The lowest BCUT2D eigenvalue weighted by Gasteiger charge is -2.12. The molecule has 1 amide bonds. The zero-order valence-electron chi connectivity index (χ0n) is 13.0. The molecule has 6 heteroatoms. The molecular formula is C14H27N5O. The Bertz CT molecular complexity index is 402. The maximum Gasteiger partial charge on any atom is 0.244 e. The third kappa shape index (κ3) is 5.69. The summed E-state index contributed by atoms with van der Waals surface area (Å²) in [6.45, 7) is 10.6. The van der Waals surface area contributed by atoms with Crippen molar-refractivity contribution in [1.82, 2.24) is 25.6 Å². The SMILES string of the molecule is CCCNCc1cn(C(C)C(=O)NCCC(C)C)nn1. The summed E-state index contributed by atoms with van der Waals surface area (Å²) in [6.07, 6.45) is 3.90. The topological polar surface area (TPSA) is 71.8 Å². The van der Waals surface area contributed by atoms with Crippen molar-refractivity contribution in [3.8, 4) is 0 Å². The van der Waals surface area contributed by atoms with Gasteiger partial charge in [-0.05, 0) is 32.2 Å². The molecule has 6 nitrogen and oxygen atoms in total. The van der Waals surface area contributed by atoms with Crippen molar-refractivity contribution in [2.24, 2.45) is 5.92 Å². The van der Waals surface area contributed by atoms with Gasteiger partial charge in [0.2, 0.25) is 5.91 Å². The van der Waals surface area contributed by atoms with Gasteiger partial charge in [0.15, 0.2) is 0 Å². The van der Waals surface area contributed by atoms with Crippen LogP contribution < -0.4 is 10.6 Å². The highest BCUT2D eigenvalue weighted by atomic mass is 16.2. The minimum absolute atomic E-state index is 0.0105. The molecule has 0 saturated heterocycles. The highest BCUT2D eigenvalue weighted by molar-refractivity contribution is 5.79. The number of amides is 1. The van der Waals surface area contributed by atoms with Crippen LogP contribution in [0.3, 0.4) is 0 Å². The van der Waals surface area contributed by atoms with Crippen molar-refractivity contribution in [2.75, 3.05) is 13.1 Å². The molecule has 1 unspecified atom stereocenters. The molecule has 1 heterocycles. The van der Waals surface area contributed by atoms with Gasteiger partial charge in [-0.2, -0.15) is 0 Å². The molecule has 0 spiro atoms. The Morgan fingerprint density at radius 3 is 2.75 bits per heavy atom. The standard InChI is InChI=1S/C14H27N5O/c1-5-7-15-9-13-10-19(18-17-13)12(4)14(20)16-8-6-11(2)3/h10-12,15H,5-9H2,1-4H3,(H,16,20). The average molecular weight is 281 g/mol. The van der Waals surface area contributed by atoms with E-state index in [1.54, 1.807) is 4.68 Å². The predicted molar refractivity (Wildman–Crippen MR) is 79.2 cm³/mol. The minimum Gasteiger partial charge on any atom is -0.354 e. The van der Waals surface area contributed by atoms with Crippen molar-refractivity contribution in [2.45, 2.75) is 53.1 Å². The van der Waals surface area contributed by atoms with Crippen LogP contribution in [0.4, 0.5) is 0 Å². The second-order valence-electron chi connectivity index (χ2n) is 5.52. The van der Waals surface area contributed by atoms with E-state index in [2.05, 4.69) is 41.7 Å². The minimum atomic E-state index is -0.324. The summed E-state index contributed by atoms with van der Waals surface area (Å²) in [6, 6.07) is -0.324. The van der Waals surface area contributed by atoms with Crippen LogP contribution in [0, 0.1) is 5.92 Å². The van der Waals surface area contributed by atoms with Crippen LogP contribution in [-0.2, 0) is 11.3 Å². The van der Waals surface area contributed by atoms with Gasteiger partial charge in [-0.1, -0.05) is 26.0 Å². The maximum absolute atomic E-state index is 12.0. The monoisotopic (exact) mass is 281 g/mol. The Kier molecular flexibility index (Phi) is 7.22. The van der Waals surface area contributed by atoms with Crippen LogP contribution in [0.25, 0.3) is 0 Å². The first kappa shape index (κ1) is 16.6. The van der Waals surface area contributed by atoms with Gasteiger partial charge in [0.05, 0.1) is 11.9 Å². The Labute approximate surface area is 121 Å². The Morgan fingerprint density at radius 1 is 1.35 bits per heavy atom. The third-order valence-corrected chi connectivity index (χ3v) is 3.09. The highest BCUT2D eigenvalue weighted by Gasteiger charge is 2.16. The van der Waals surface area contributed by atoms with E-state index >= 15 is 0 Å². The summed E-state index contributed by atoms with van der Waals surface area (Å²) in [4.78, 5) is 12.0. The Hall–Kier alpha value is -1.43. The van der Waals surface area contributed by atoms with Gasteiger partial charge >= 0.3 is 0 Å². The van der Waals surface area contributed by atoms with E-state index in [9.17, 15) is 4.79 Å². The van der Waals surface area contributed by atoms with Crippen LogP contribution >= 0.6 is 0 Å². The predicted octanol–water partition coefficient (Wildman–Crippen LogP) is 1.50. The lowest BCUT2D eigenvalue weighted by Crippen LogP contribution is -2.32. The number of aromatic nitrogens is 3. The van der Waals surface area contributed by atoms with Crippen molar-refractivity contribution in [3.63, 3.8) is 0 Å². The van der Waals surface area contributed by atoms with E-state index in [0.29, 0.717) is 19.0 Å². The molecule has 1 atom stereocenters. The highest BCUT2D eigenvalue weighted by Crippen LogP contribution is 2.05. The first-order valence-corrected chi connectivity index (χ1v) is 7.43. The fraction of sp³-hybridized carbons (Fsp3) is 0.786. The molecule has 0 aliphatic carbocycles. The number of carbonyl (C=O) groups excluding carboxylic acids is 1. The first-order valence-electron chi connectivity index (χ1n) is 7.43. The summed E-state index contributed by atoms with van der Waals surface area (Å²) in [5, 5.41) is 14.3. The van der Waals surface area contributed by atoms with Crippen LogP contribution in [0.1, 0.15) is 52.3 Å². The zero-order chi connectivity index (χ0) is 15.0. The van der Waals surface area contributed by atoms with E-state index in [1.165, 1.54) is 0 Å². The summed E-state index contributed by atoms with van der Waals surface area (Å²) >= 11 is 0. The third-order valence-electron chi connectivity index (χ3n) is 3.09. The molecule has 0 bridgehead atoms. The van der Waals surface area contributed by atoms with Crippen LogP contribution in [0.15, 0.2) is 6.20 Å². The van der Waals surface area contributed by atoms with Crippen molar-refractivity contribution in [3.05, 3.63) is 11.9 Å². The largest absolute Gasteiger partial charge is 0.354 e. The van der Waals surface area contributed by atoms with E-state index in [1.807, 2.05) is 13.1 Å². The van der Waals surface area contributed by atoms with Gasteiger partial charge in [-0.15, -0.1) is 5.10 Å². The number of nitrogens with zero attached hydrogens (tertiary/aromatic N) is 3. The summed E-state index contributed by atoms with van der Waals surface area (Å²) in [5.41, 5.74) is 0.861. The van der Waals surface area contributed by atoms with Crippen LogP contribution in [0.2, 0.25) is 0 Å². The molecule has 114 valence electrons. The smallest absolute Gasteiger partial charge is 0.244 e. The summed E-state index contributed by atoms with van der Waals surface area (Å²) in [5.74, 6) is 0.580. The number of hydrogen-bond acceptors (Lipinski definition) is 4. The summed E-state index contributed by atoms with van der Waals surface area (Å²) < 4.78 is 1.62. The molecule has 1 aromatic heterocycles. The lowest BCUT2D eigenvalue weighted by atomic mass is 10.1. The van der Waals surface area contributed by atoms with Crippen LogP contribution in [-0.4, -0.2) is 34.0 Å². The van der Waals surface area contributed by atoms with E-state index in [0.717, 1.165) is 25.1 Å². The molecular weight excluding hydrogens is 254 g/mol. The molecule has 0 fully saturated rings. The quantitative estimate of drug-likeness (QED) is 0.673. The molecule has 20 heavy (non-hydrogen) atoms. The molecule has 0 saturated carbocycles. The van der Waals surface area contributed by atoms with Gasteiger partial charge in [-0.3, -0.25) is 4.79 Å². The molecule has 0 aliphatic rings. The van der Waals surface area contributed by atoms with Gasteiger partial charge < -0.3 is 10.6 Å². The molecule has 0 aromatic carbocycles.